The summed E-state index contributed by atoms with van der Waals surface area (Å²) in [4.78, 5) is 10.6. The van der Waals surface area contributed by atoms with Crippen molar-refractivity contribution in [3.63, 3.8) is 0 Å². The molecule has 68 valence electrons. The van der Waals surface area contributed by atoms with E-state index in [0.29, 0.717) is 0 Å². The normalized spacial score (nSPS) is 28.6. The van der Waals surface area contributed by atoms with E-state index in [0.717, 1.165) is 12.8 Å². The molecule has 12 heavy (non-hydrogen) atoms. The molecular formula is C8H10F2O2. The molecule has 0 bridgehead atoms. The average molecular weight is 176 g/mol. The molecule has 0 amide bonds. The maximum absolute atomic E-state index is 12.4. The van der Waals surface area contributed by atoms with E-state index in [1.54, 1.807) is 0 Å². The largest absolute Gasteiger partial charge is 0.481 e. The Labute approximate surface area is 68.6 Å². The van der Waals surface area contributed by atoms with Crippen LogP contribution in [0.1, 0.15) is 25.7 Å². The number of carboxylic acid groups (broad SMARTS) is 1. The molecule has 0 saturated heterocycles. The number of hydrogen-bond acceptors (Lipinski definition) is 1. The van der Waals surface area contributed by atoms with E-state index in [1.807, 2.05) is 0 Å². The van der Waals surface area contributed by atoms with Crippen molar-refractivity contribution < 1.29 is 18.7 Å². The summed E-state index contributed by atoms with van der Waals surface area (Å²) in [7, 11) is 0. The molecule has 2 fully saturated rings. The lowest BCUT2D eigenvalue weighted by atomic mass is 9.59. The number of carboxylic acids is 1. The maximum Gasteiger partial charge on any atom is 0.315 e. The first-order valence-corrected chi connectivity index (χ1v) is 4.02. The minimum Gasteiger partial charge on any atom is -0.481 e. The minimum absolute atomic E-state index is 0.00875. The Hall–Kier alpha value is -0.670. The lowest BCUT2D eigenvalue weighted by molar-refractivity contribution is -0.179. The number of alkyl halides is 2. The van der Waals surface area contributed by atoms with Crippen molar-refractivity contribution in [2.24, 2.45) is 10.8 Å². The van der Waals surface area contributed by atoms with Crippen LogP contribution in [0.4, 0.5) is 8.78 Å². The van der Waals surface area contributed by atoms with Crippen LogP contribution in [0.15, 0.2) is 0 Å². The summed E-state index contributed by atoms with van der Waals surface area (Å²) >= 11 is 0. The average Bonchev–Trinajstić information content (AvgIpc) is 2.59. The van der Waals surface area contributed by atoms with Gasteiger partial charge in [0.25, 0.3) is 6.43 Å². The van der Waals surface area contributed by atoms with Crippen molar-refractivity contribution in [3.05, 3.63) is 0 Å². The number of carbonyl (C=O) groups is 1. The van der Waals surface area contributed by atoms with Gasteiger partial charge in [0.05, 0.1) is 0 Å². The Morgan fingerprint density at radius 2 is 1.83 bits per heavy atom. The third-order valence-corrected chi connectivity index (χ3v) is 3.18. The van der Waals surface area contributed by atoms with Crippen molar-refractivity contribution in [1.82, 2.24) is 0 Å². The van der Waals surface area contributed by atoms with Gasteiger partial charge in [-0.1, -0.05) is 0 Å². The highest BCUT2D eigenvalue weighted by Gasteiger charge is 2.68. The Morgan fingerprint density at radius 1 is 1.33 bits per heavy atom. The molecule has 2 aliphatic rings. The highest BCUT2D eigenvalue weighted by Crippen LogP contribution is 2.70. The van der Waals surface area contributed by atoms with E-state index >= 15 is 0 Å². The zero-order chi connectivity index (χ0) is 8.98. The van der Waals surface area contributed by atoms with Crippen molar-refractivity contribution in [3.8, 4) is 0 Å². The van der Waals surface area contributed by atoms with Gasteiger partial charge in [-0.3, -0.25) is 4.79 Å². The molecule has 2 aliphatic carbocycles. The van der Waals surface area contributed by atoms with Crippen molar-refractivity contribution >= 4 is 5.97 Å². The first-order valence-electron chi connectivity index (χ1n) is 4.02. The molecule has 1 spiro atoms. The topological polar surface area (TPSA) is 37.3 Å². The fourth-order valence-corrected chi connectivity index (χ4v) is 2.22. The van der Waals surface area contributed by atoms with Gasteiger partial charge in [-0.15, -0.1) is 0 Å². The second kappa shape index (κ2) is 1.98. The summed E-state index contributed by atoms with van der Waals surface area (Å²) in [6.45, 7) is 0. The molecule has 0 aromatic carbocycles. The third-order valence-electron chi connectivity index (χ3n) is 3.18. The van der Waals surface area contributed by atoms with Crippen molar-refractivity contribution in [2.45, 2.75) is 32.1 Å². The number of halogens is 2. The Bertz CT molecular complexity index is 225. The van der Waals surface area contributed by atoms with Crippen LogP contribution in [0, 0.1) is 10.8 Å². The summed E-state index contributed by atoms with van der Waals surface area (Å²) < 4.78 is 24.8. The van der Waals surface area contributed by atoms with Gasteiger partial charge >= 0.3 is 5.97 Å². The van der Waals surface area contributed by atoms with Gasteiger partial charge in [0.2, 0.25) is 0 Å². The molecule has 0 atom stereocenters. The monoisotopic (exact) mass is 176 g/mol. The highest BCUT2D eigenvalue weighted by molar-refractivity contribution is 5.77. The van der Waals surface area contributed by atoms with Crippen molar-refractivity contribution in [1.29, 1.82) is 0 Å². The highest BCUT2D eigenvalue weighted by atomic mass is 19.3. The van der Waals surface area contributed by atoms with E-state index in [9.17, 15) is 13.6 Å². The van der Waals surface area contributed by atoms with Gasteiger partial charge in [0, 0.05) is 0 Å². The van der Waals surface area contributed by atoms with Crippen LogP contribution in [0.3, 0.4) is 0 Å². The van der Waals surface area contributed by atoms with E-state index < -0.39 is 17.8 Å². The van der Waals surface area contributed by atoms with Gasteiger partial charge in [0.1, 0.15) is 5.41 Å². The predicted molar refractivity (Wildman–Crippen MR) is 37.0 cm³/mol. The summed E-state index contributed by atoms with van der Waals surface area (Å²) in [5.74, 6) is -1.32. The van der Waals surface area contributed by atoms with Crippen molar-refractivity contribution in [2.75, 3.05) is 0 Å². The molecule has 0 radical (unpaired) electrons. The molecule has 1 N–H and O–H groups in total. The molecule has 0 heterocycles. The van der Waals surface area contributed by atoms with Crippen LogP contribution in [0.2, 0.25) is 0 Å². The first kappa shape index (κ1) is 7.95. The van der Waals surface area contributed by atoms with E-state index in [4.69, 9.17) is 5.11 Å². The van der Waals surface area contributed by atoms with E-state index in [2.05, 4.69) is 0 Å². The second-order valence-electron chi connectivity index (χ2n) is 4.12. The second-order valence-corrected chi connectivity index (χ2v) is 4.12. The summed E-state index contributed by atoms with van der Waals surface area (Å²) in [6, 6.07) is 0. The molecule has 0 aliphatic heterocycles. The van der Waals surface area contributed by atoms with Gasteiger partial charge in [-0.05, 0) is 31.1 Å². The standard InChI is InChI=1S/C8H10F2O2/c9-5(10)8(6(11)12)3-7(4-8)1-2-7/h5H,1-4H2,(H,11,12). The molecular weight excluding hydrogens is 166 g/mol. The van der Waals surface area contributed by atoms with Crippen LogP contribution < -0.4 is 0 Å². The Kier molecular flexibility index (Phi) is 1.31. The molecule has 0 aromatic rings. The predicted octanol–water partition coefficient (Wildman–Crippen LogP) is 1.90. The van der Waals surface area contributed by atoms with Crippen LogP contribution in [0.25, 0.3) is 0 Å². The van der Waals surface area contributed by atoms with Crippen LogP contribution >= 0.6 is 0 Å². The Morgan fingerprint density at radius 3 is 2.08 bits per heavy atom. The van der Waals surface area contributed by atoms with Gasteiger partial charge < -0.3 is 5.11 Å². The number of hydrogen-bond donors (Lipinski definition) is 1. The lowest BCUT2D eigenvalue weighted by Gasteiger charge is -2.44. The van der Waals surface area contributed by atoms with Gasteiger partial charge in [-0.2, -0.15) is 0 Å². The van der Waals surface area contributed by atoms with Gasteiger partial charge in [-0.25, -0.2) is 8.78 Å². The zero-order valence-electron chi connectivity index (χ0n) is 6.52. The van der Waals surface area contributed by atoms with Crippen LogP contribution in [-0.2, 0) is 4.79 Å². The number of aliphatic carboxylic acids is 1. The molecule has 2 nitrogen and oxygen atoms in total. The molecule has 0 unspecified atom stereocenters. The third kappa shape index (κ3) is 0.807. The molecule has 4 heteroatoms. The first-order chi connectivity index (χ1) is 5.51. The quantitative estimate of drug-likeness (QED) is 0.697. The van der Waals surface area contributed by atoms with Crippen LogP contribution in [-0.4, -0.2) is 17.5 Å². The molecule has 0 aromatic heterocycles. The van der Waals surface area contributed by atoms with E-state index in [-0.39, 0.29) is 18.3 Å². The van der Waals surface area contributed by atoms with Crippen LogP contribution in [0.5, 0.6) is 0 Å². The summed E-state index contributed by atoms with van der Waals surface area (Å²) in [5.41, 5.74) is -1.69. The van der Waals surface area contributed by atoms with E-state index in [1.165, 1.54) is 0 Å². The lowest BCUT2D eigenvalue weighted by Crippen LogP contribution is -2.50. The molecule has 2 saturated carbocycles. The summed E-state index contributed by atoms with van der Waals surface area (Å²) in [6.07, 6.45) is -0.454. The molecule has 2 rings (SSSR count). The number of rotatable bonds is 2. The zero-order valence-corrected chi connectivity index (χ0v) is 6.52. The fourth-order valence-electron chi connectivity index (χ4n) is 2.22. The fraction of sp³-hybridized carbons (Fsp3) is 0.875. The Balaban J connectivity index is 2.11. The minimum atomic E-state index is -2.71. The maximum atomic E-state index is 12.4. The smallest absolute Gasteiger partial charge is 0.315 e. The summed E-state index contributed by atoms with van der Waals surface area (Å²) in [5, 5.41) is 8.63. The SMILES string of the molecule is O=C(O)C1(C(F)F)CC2(CC2)C1. The van der Waals surface area contributed by atoms with Gasteiger partial charge in [0.15, 0.2) is 0 Å².